The smallest absolute Gasteiger partial charge is 0.220 e. The van der Waals surface area contributed by atoms with E-state index in [9.17, 15) is 9.59 Å². The molecule has 0 saturated carbocycles. The zero-order valence-electron chi connectivity index (χ0n) is 10.8. The number of hydrogen-bond acceptors (Lipinski definition) is 4. The van der Waals surface area contributed by atoms with Crippen molar-refractivity contribution in [2.75, 3.05) is 11.5 Å². The molecule has 0 fully saturated rings. The standard InChI is InChI=1S/C14H18O2S2/c1-3-9-17-13(15)11-7-5-6-8-12(11)14(16)18-10-4-2/h5-8H,3-4,9-10H2,1-2H3. The number of carbonyl (C=O) groups is 2. The van der Waals surface area contributed by atoms with Crippen molar-refractivity contribution in [2.45, 2.75) is 26.7 Å². The van der Waals surface area contributed by atoms with Crippen molar-refractivity contribution in [1.82, 2.24) is 0 Å². The zero-order valence-corrected chi connectivity index (χ0v) is 12.4. The summed E-state index contributed by atoms with van der Waals surface area (Å²) in [5.74, 6) is 1.59. The average Bonchev–Trinajstić information content (AvgIpc) is 2.42. The van der Waals surface area contributed by atoms with Gasteiger partial charge in [-0.3, -0.25) is 9.59 Å². The minimum absolute atomic E-state index is 0.00195. The van der Waals surface area contributed by atoms with Crippen molar-refractivity contribution >= 4 is 33.8 Å². The molecule has 0 amide bonds. The molecule has 0 bridgehead atoms. The third kappa shape index (κ3) is 4.50. The Kier molecular flexibility index (Phi) is 7.13. The summed E-state index contributed by atoms with van der Waals surface area (Å²) in [5, 5.41) is -0.00389. The van der Waals surface area contributed by atoms with Gasteiger partial charge in [-0.05, 0) is 25.0 Å². The van der Waals surface area contributed by atoms with Crippen molar-refractivity contribution in [3.8, 4) is 0 Å². The number of carbonyl (C=O) groups excluding carboxylic acids is 2. The molecule has 1 aromatic rings. The lowest BCUT2D eigenvalue weighted by atomic mass is 10.1. The summed E-state index contributed by atoms with van der Waals surface area (Å²) in [6.07, 6.45) is 1.91. The first-order valence-electron chi connectivity index (χ1n) is 6.14. The first-order valence-corrected chi connectivity index (χ1v) is 8.11. The van der Waals surface area contributed by atoms with Crippen molar-refractivity contribution in [3.63, 3.8) is 0 Å². The summed E-state index contributed by atoms with van der Waals surface area (Å²) in [4.78, 5) is 24.0. The fourth-order valence-corrected chi connectivity index (χ4v) is 2.83. The number of hydrogen-bond donors (Lipinski definition) is 0. The van der Waals surface area contributed by atoms with Crippen molar-refractivity contribution in [3.05, 3.63) is 35.4 Å². The summed E-state index contributed by atoms with van der Waals surface area (Å²) >= 11 is 2.57. The summed E-state index contributed by atoms with van der Waals surface area (Å²) in [6.45, 7) is 4.07. The average molecular weight is 282 g/mol. The predicted molar refractivity (Wildman–Crippen MR) is 80.6 cm³/mol. The molecule has 1 rings (SSSR count). The molecule has 98 valence electrons. The highest BCUT2D eigenvalue weighted by Crippen LogP contribution is 2.22. The molecule has 0 radical (unpaired) electrons. The molecular weight excluding hydrogens is 264 g/mol. The SMILES string of the molecule is CCCSC(=O)c1ccccc1C(=O)SCCC. The molecule has 0 aliphatic carbocycles. The van der Waals surface area contributed by atoms with Gasteiger partial charge in [0.05, 0.1) is 0 Å². The quantitative estimate of drug-likeness (QED) is 0.781. The Balaban J connectivity index is 2.85. The van der Waals surface area contributed by atoms with Crippen molar-refractivity contribution < 1.29 is 9.59 Å². The highest BCUT2D eigenvalue weighted by molar-refractivity contribution is 8.14. The fourth-order valence-electron chi connectivity index (χ4n) is 1.38. The molecule has 0 saturated heterocycles. The van der Waals surface area contributed by atoms with Crippen LogP contribution in [0.5, 0.6) is 0 Å². The third-order valence-corrected chi connectivity index (χ3v) is 4.43. The first kappa shape index (κ1) is 15.3. The maximum absolute atomic E-state index is 12.0. The van der Waals surface area contributed by atoms with Gasteiger partial charge in [0.25, 0.3) is 0 Å². The second-order valence-electron chi connectivity index (χ2n) is 3.82. The molecule has 0 heterocycles. The molecule has 18 heavy (non-hydrogen) atoms. The minimum Gasteiger partial charge on any atom is -0.282 e. The Hall–Kier alpha value is -0.740. The minimum atomic E-state index is -0.00195. The fraction of sp³-hybridized carbons (Fsp3) is 0.429. The molecule has 0 atom stereocenters. The van der Waals surface area contributed by atoms with Crippen LogP contribution in [0, 0.1) is 0 Å². The van der Waals surface area contributed by atoms with E-state index in [0.29, 0.717) is 11.1 Å². The monoisotopic (exact) mass is 282 g/mol. The van der Waals surface area contributed by atoms with Gasteiger partial charge in [0.15, 0.2) is 0 Å². The second kappa shape index (κ2) is 8.38. The van der Waals surface area contributed by atoms with E-state index >= 15 is 0 Å². The van der Waals surface area contributed by atoms with E-state index in [1.54, 1.807) is 24.3 Å². The summed E-state index contributed by atoms with van der Waals surface area (Å²) in [7, 11) is 0. The van der Waals surface area contributed by atoms with Gasteiger partial charge in [-0.2, -0.15) is 0 Å². The number of rotatable bonds is 6. The van der Waals surface area contributed by atoms with Gasteiger partial charge < -0.3 is 0 Å². The van der Waals surface area contributed by atoms with Crippen LogP contribution in [0.15, 0.2) is 24.3 Å². The maximum atomic E-state index is 12.0. The van der Waals surface area contributed by atoms with Crippen LogP contribution in [0.2, 0.25) is 0 Å². The zero-order chi connectivity index (χ0) is 13.4. The molecular formula is C14H18O2S2. The van der Waals surface area contributed by atoms with E-state index in [2.05, 4.69) is 0 Å². The van der Waals surface area contributed by atoms with E-state index < -0.39 is 0 Å². The van der Waals surface area contributed by atoms with E-state index in [4.69, 9.17) is 0 Å². The van der Waals surface area contributed by atoms with Gasteiger partial charge >= 0.3 is 0 Å². The topological polar surface area (TPSA) is 34.1 Å². The Morgan fingerprint density at radius 1 is 0.889 bits per heavy atom. The third-order valence-electron chi connectivity index (χ3n) is 2.24. The molecule has 0 aliphatic rings. The van der Waals surface area contributed by atoms with E-state index in [1.165, 1.54) is 23.5 Å². The van der Waals surface area contributed by atoms with Gasteiger partial charge in [-0.15, -0.1) is 0 Å². The van der Waals surface area contributed by atoms with Crippen LogP contribution in [0.25, 0.3) is 0 Å². The van der Waals surface area contributed by atoms with Gasteiger partial charge in [-0.25, -0.2) is 0 Å². The summed E-state index contributed by atoms with van der Waals surface area (Å²) in [6, 6.07) is 7.09. The van der Waals surface area contributed by atoms with Crippen LogP contribution in [-0.2, 0) is 0 Å². The summed E-state index contributed by atoms with van der Waals surface area (Å²) < 4.78 is 0. The summed E-state index contributed by atoms with van der Waals surface area (Å²) in [5.41, 5.74) is 1.09. The molecule has 2 nitrogen and oxygen atoms in total. The Morgan fingerprint density at radius 3 is 1.61 bits per heavy atom. The Labute approximate surface area is 117 Å². The van der Waals surface area contributed by atoms with E-state index in [-0.39, 0.29) is 10.2 Å². The maximum Gasteiger partial charge on any atom is 0.220 e. The normalized spacial score (nSPS) is 10.3. The lowest BCUT2D eigenvalue weighted by Crippen LogP contribution is -2.05. The highest BCUT2D eigenvalue weighted by Gasteiger charge is 2.16. The van der Waals surface area contributed by atoms with Crippen LogP contribution in [-0.4, -0.2) is 21.7 Å². The van der Waals surface area contributed by atoms with Crippen LogP contribution in [0.3, 0.4) is 0 Å². The van der Waals surface area contributed by atoms with Gasteiger partial charge in [0.1, 0.15) is 0 Å². The predicted octanol–water partition coefficient (Wildman–Crippen LogP) is 4.25. The van der Waals surface area contributed by atoms with E-state index in [0.717, 1.165) is 24.3 Å². The van der Waals surface area contributed by atoms with E-state index in [1.807, 2.05) is 13.8 Å². The van der Waals surface area contributed by atoms with Crippen LogP contribution in [0.4, 0.5) is 0 Å². The Morgan fingerprint density at radius 2 is 1.28 bits per heavy atom. The number of benzene rings is 1. The van der Waals surface area contributed by atoms with Gasteiger partial charge in [0, 0.05) is 22.6 Å². The second-order valence-corrected chi connectivity index (χ2v) is 5.95. The number of thioether (sulfide) groups is 2. The van der Waals surface area contributed by atoms with Gasteiger partial charge in [0.2, 0.25) is 10.2 Å². The van der Waals surface area contributed by atoms with Crippen molar-refractivity contribution in [2.24, 2.45) is 0 Å². The lowest BCUT2D eigenvalue weighted by molar-refractivity contribution is 0.106. The molecule has 1 aromatic carbocycles. The molecule has 0 N–H and O–H groups in total. The highest BCUT2D eigenvalue weighted by atomic mass is 32.2. The molecule has 0 unspecified atom stereocenters. The van der Waals surface area contributed by atoms with Crippen LogP contribution in [0.1, 0.15) is 47.4 Å². The molecule has 0 aliphatic heterocycles. The Bertz CT molecular complexity index is 377. The molecule has 0 spiro atoms. The van der Waals surface area contributed by atoms with Crippen LogP contribution >= 0.6 is 23.5 Å². The molecule has 4 heteroatoms. The largest absolute Gasteiger partial charge is 0.282 e. The molecule has 0 aromatic heterocycles. The van der Waals surface area contributed by atoms with Crippen molar-refractivity contribution in [1.29, 1.82) is 0 Å². The first-order chi connectivity index (χ1) is 8.70. The van der Waals surface area contributed by atoms with Gasteiger partial charge in [-0.1, -0.05) is 49.5 Å². The lowest BCUT2D eigenvalue weighted by Gasteiger charge is -2.06. The van der Waals surface area contributed by atoms with Crippen LogP contribution < -0.4 is 0 Å².